The van der Waals surface area contributed by atoms with Gasteiger partial charge in [0, 0.05) is 4.83 Å². The van der Waals surface area contributed by atoms with Crippen LogP contribution in [0.25, 0.3) is 0 Å². The molecule has 3 atom stereocenters. The molecule has 2 heteroatoms. The van der Waals surface area contributed by atoms with Crippen molar-refractivity contribution in [2.75, 3.05) is 0 Å². The summed E-state index contributed by atoms with van der Waals surface area (Å²) in [5.41, 5.74) is 1.26. The molecule has 0 amide bonds. The van der Waals surface area contributed by atoms with E-state index in [0.29, 0.717) is 16.5 Å². The standard InChI is InChI=1S/C16H23BrO/c1-11(2)13-6-7-16(17)14(10-13)8-12-4-3-5-15(18)9-12/h3-5,9,11,13-14,16,18H,6-8,10H2,1-2H3. The zero-order valence-electron chi connectivity index (χ0n) is 11.3. The van der Waals surface area contributed by atoms with Gasteiger partial charge in [-0.3, -0.25) is 0 Å². The lowest BCUT2D eigenvalue weighted by Crippen LogP contribution is -2.29. The number of hydrogen-bond acceptors (Lipinski definition) is 1. The average Bonchev–Trinajstić information content (AvgIpc) is 2.31. The SMILES string of the molecule is CC(C)C1CCC(Br)C(Cc2cccc(O)c2)C1. The molecule has 0 aliphatic heterocycles. The molecule has 0 bridgehead atoms. The fraction of sp³-hybridized carbons (Fsp3) is 0.625. The zero-order valence-corrected chi connectivity index (χ0v) is 12.9. The van der Waals surface area contributed by atoms with Crippen LogP contribution in [0.5, 0.6) is 5.75 Å². The topological polar surface area (TPSA) is 20.2 Å². The highest BCUT2D eigenvalue weighted by Crippen LogP contribution is 2.39. The molecule has 1 fully saturated rings. The van der Waals surface area contributed by atoms with E-state index in [1.807, 2.05) is 12.1 Å². The summed E-state index contributed by atoms with van der Waals surface area (Å²) in [5, 5.41) is 9.54. The second-order valence-electron chi connectivity index (χ2n) is 5.97. The van der Waals surface area contributed by atoms with Gasteiger partial charge in [-0.05, 0) is 61.1 Å². The first-order valence-corrected chi connectivity index (χ1v) is 7.90. The molecule has 1 saturated carbocycles. The minimum atomic E-state index is 0.384. The van der Waals surface area contributed by atoms with Gasteiger partial charge in [-0.25, -0.2) is 0 Å². The third-order valence-corrected chi connectivity index (χ3v) is 5.49. The molecule has 1 N–H and O–H groups in total. The second-order valence-corrected chi connectivity index (χ2v) is 7.14. The van der Waals surface area contributed by atoms with Gasteiger partial charge in [-0.15, -0.1) is 0 Å². The van der Waals surface area contributed by atoms with Crippen LogP contribution in [0.4, 0.5) is 0 Å². The van der Waals surface area contributed by atoms with E-state index >= 15 is 0 Å². The van der Waals surface area contributed by atoms with Gasteiger partial charge in [0.25, 0.3) is 0 Å². The largest absolute Gasteiger partial charge is 0.508 e. The molecule has 0 heterocycles. The van der Waals surface area contributed by atoms with E-state index < -0.39 is 0 Å². The van der Waals surface area contributed by atoms with Gasteiger partial charge in [-0.1, -0.05) is 41.9 Å². The van der Waals surface area contributed by atoms with Crippen molar-refractivity contribution in [2.45, 2.75) is 44.4 Å². The third kappa shape index (κ3) is 3.50. The van der Waals surface area contributed by atoms with Crippen LogP contribution >= 0.6 is 15.9 Å². The summed E-state index contributed by atoms with van der Waals surface area (Å²) >= 11 is 3.84. The molecular weight excluding hydrogens is 288 g/mol. The van der Waals surface area contributed by atoms with Gasteiger partial charge >= 0.3 is 0 Å². The molecule has 0 saturated heterocycles. The van der Waals surface area contributed by atoms with Crippen LogP contribution in [0.3, 0.4) is 0 Å². The van der Waals surface area contributed by atoms with Gasteiger partial charge in [0.15, 0.2) is 0 Å². The Balaban J connectivity index is 2.02. The summed E-state index contributed by atoms with van der Waals surface area (Å²) in [6, 6.07) is 7.71. The molecule has 100 valence electrons. The predicted molar refractivity (Wildman–Crippen MR) is 80.2 cm³/mol. The highest BCUT2D eigenvalue weighted by atomic mass is 79.9. The summed E-state index contributed by atoms with van der Waals surface area (Å²) in [7, 11) is 0. The number of benzene rings is 1. The normalized spacial score (nSPS) is 28.6. The number of phenols is 1. The summed E-state index contributed by atoms with van der Waals surface area (Å²) in [4.78, 5) is 0.634. The number of alkyl halides is 1. The number of aromatic hydroxyl groups is 1. The summed E-state index contributed by atoms with van der Waals surface area (Å²) in [5.74, 6) is 2.74. The molecule has 1 aromatic carbocycles. The third-order valence-electron chi connectivity index (χ3n) is 4.28. The van der Waals surface area contributed by atoms with Gasteiger partial charge in [-0.2, -0.15) is 0 Å². The van der Waals surface area contributed by atoms with Crippen molar-refractivity contribution in [1.82, 2.24) is 0 Å². The van der Waals surface area contributed by atoms with Gasteiger partial charge in [0.1, 0.15) is 5.75 Å². The summed E-state index contributed by atoms with van der Waals surface area (Å²) in [6.45, 7) is 4.68. The number of hydrogen-bond donors (Lipinski definition) is 1. The van der Waals surface area contributed by atoms with Crippen LogP contribution in [0.2, 0.25) is 0 Å². The number of phenolic OH excluding ortho intramolecular Hbond substituents is 1. The monoisotopic (exact) mass is 310 g/mol. The van der Waals surface area contributed by atoms with Crippen molar-refractivity contribution in [3.05, 3.63) is 29.8 Å². The van der Waals surface area contributed by atoms with Crippen molar-refractivity contribution in [1.29, 1.82) is 0 Å². The molecule has 1 aromatic rings. The van der Waals surface area contributed by atoms with E-state index in [4.69, 9.17) is 0 Å². The van der Waals surface area contributed by atoms with Crippen LogP contribution < -0.4 is 0 Å². The Kier molecular flexibility index (Phi) is 4.71. The van der Waals surface area contributed by atoms with Crippen LogP contribution in [-0.2, 0) is 6.42 Å². The first-order chi connectivity index (χ1) is 8.56. The van der Waals surface area contributed by atoms with Crippen LogP contribution in [0.15, 0.2) is 24.3 Å². The van der Waals surface area contributed by atoms with E-state index in [1.165, 1.54) is 24.8 Å². The van der Waals surface area contributed by atoms with Crippen LogP contribution in [0, 0.1) is 17.8 Å². The Morgan fingerprint density at radius 3 is 2.78 bits per heavy atom. The average molecular weight is 311 g/mol. The zero-order chi connectivity index (χ0) is 13.1. The molecule has 0 spiro atoms. The molecule has 2 rings (SSSR count). The van der Waals surface area contributed by atoms with Crippen molar-refractivity contribution >= 4 is 15.9 Å². The lowest BCUT2D eigenvalue weighted by Gasteiger charge is -2.35. The second kappa shape index (κ2) is 6.10. The molecule has 0 radical (unpaired) electrons. The minimum absolute atomic E-state index is 0.384. The fourth-order valence-corrected chi connectivity index (χ4v) is 3.73. The van der Waals surface area contributed by atoms with Crippen molar-refractivity contribution < 1.29 is 5.11 Å². The Labute approximate surface area is 119 Å². The Hall–Kier alpha value is -0.500. The fourth-order valence-electron chi connectivity index (χ4n) is 3.07. The van der Waals surface area contributed by atoms with E-state index in [-0.39, 0.29) is 0 Å². The van der Waals surface area contributed by atoms with Crippen molar-refractivity contribution in [3.63, 3.8) is 0 Å². The molecular formula is C16H23BrO. The van der Waals surface area contributed by atoms with E-state index in [1.54, 1.807) is 6.07 Å². The highest BCUT2D eigenvalue weighted by molar-refractivity contribution is 9.09. The maximum absolute atomic E-state index is 9.54. The molecule has 1 aliphatic rings. The Morgan fingerprint density at radius 1 is 1.33 bits per heavy atom. The van der Waals surface area contributed by atoms with E-state index in [2.05, 4.69) is 35.8 Å². The lowest BCUT2D eigenvalue weighted by molar-refractivity contribution is 0.222. The van der Waals surface area contributed by atoms with Gasteiger partial charge < -0.3 is 5.11 Å². The van der Waals surface area contributed by atoms with Gasteiger partial charge in [0.2, 0.25) is 0 Å². The lowest BCUT2D eigenvalue weighted by atomic mass is 9.74. The summed E-state index contributed by atoms with van der Waals surface area (Å²) < 4.78 is 0. The predicted octanol–water partition coefficient (Wildman–Crippen LogP) is 4.77. The molecule has 3 unspecified atom stereocenters. The van der Waals surface area contributed by atoms with Gasteiger partial charge in [0.05, 0.1) is 0 Å². The molecule has 18 heavy (non-hydrogen) atoms. The molecule has 1 aliphatic carbocycles. The van der Waals surface area contributed by atoms with Crippen molar-refractivity contribution in [3.8, 4) is 5.75 Å². The number of halogens is 1. The highest BCUT2D eigenvalue weighted by Gasteiger charge is 2.30. The van der Waals surface area contributed by atoms with Crippen LogP contribution in [0.1, 0.15) is 38.7 Å². The first kappa shape index (κ1) is 13.9. The summed E-state index contributed by atoms with van der Waals surface area (Å²) in [6.07, 6.45) is 5.02. The first-order valence-electron chi connectivity index (χ1n) is 6.98. The smallest absolute Gasteiger partial charge is 0.115 e. The molecule has 0 aromatic heterocycles. The minimum Gasteiger partial charge on any atom is -0.508 e. The Bertz CT molecular complexity index is 388. The quantitative estimate of drug-likeness (QED) is 0.797. The van der Waals surface area contributed by atoms with Crippen molar-refractivity contribution in [2.24, 2.45) is 17.8 Å². The van der Waals surface area contributed by atoms with E-state index in [9.17, 15) is 5.11 Å². The van der Waals surface area contributed by atoms with Crippen LogP contribution in [-0.4, -0.2) is 9.93 Å². The molecule has 1 nitrogen and oxygen atoms in total. The Morgan fingerprint density at radius 2 is 2.11 bits per heavy atom. The van der Waals surface area contributed by atoms with E-state index in [0.717, 1.165) is 18.3 Å². The maximum Gasteiger partial charge on any atom is 0.115 e. The number of rotatable bonds is 3. The maximum atomic E-state index is 9.54.